The van der Waals surface area contributed by atoms with Gasteiger partial charge in [0, 0.05) is 22.7 Å². The van der Waals surface area contributed by atoms with Gasteiger partial charge in [0.15, 0.2) is 0 Å². The van der Waals surface area contributed by atoms with E-state index in [4.69, 9.17) is 9.47 Å². The molecular weight excluding hydrogens is 289 g/mol. The van der Waals surface area contributed by atoms with Crippen LogP contribution in [-0.2, 0) is 0 Å². The number of methoxy groups -OCH3 is 1. The zero-order valence-electron chi connectivity index (χ0n) is 8.98. The molecule has 1 aromatic heterocycles. The molecular formula is C12H9BrFNO2. The summed E-state index contributed by atoms with van der Waals surface area (Å²) in [6, 6.07) is 9.41. The highest BCUT2D eigenvalue weighted by atomic mass is 79.9. The molecule has 5 heteroatoms. The van der Waals surface area contributed by atoms with Gasteiger partial charge in [-0.1, -0.05) is 22.0 Å². The van der Waals surface area contributed by atoms with Gasteiger partial charge < -0.3 is 9.47 Å². The monoisotopic (exact) mass is 297 g/mol. The minimum Gasteiger partial charge on any atom is -0.481 e. The Morgan fingerprint density at radius 3 is 2.65 bits per heavy atom. The first-order valence-electron chi connectivity index (χ1n) is 4.82. The number of hydrogen-bond acceptors (Lipinski definition) is 3. The maximum atomic E-state index is 13.1. The first kappa shape index (κ1) is 11.9. The van der Waals surface area contributed by atoms with E-state index >= 15 is 0 Å². The van der Waals surface area contributed by atoms with Crippen molar-refractivity contribution in [3.05, 3.63) is 46.7 Å². The van der Waals surface area contributed by atoms with E-state index in [0.717, 1.165) is 0 Å². The highest BCUT2D eigenvalue weighted by molar-refractivity contribution is 9.10. The zero-order valence-corrected chi connectivity index (χ0v) is 10.6. The van der Waals surface area contributed by atoms with E-state index in [9.17, 15) is 4.39 Å². The molecule has 0 aliphatic carbocycles. The second-order valence-electron chi connectivity index (χ2n) is 3.23. The number of nitrogens with zero attached hydrogens (tertiary/aromatic N) is 1. The maximum absolute atomic E-state index is 13.1. The predicted octanol–water partition coefficient (Wildman–Crippen LogP) is 3.78. The second kappa shape index (κ2) is 5.14. The summed E-state index contributed by atoms with van der Waals surface area (Å²) in [4.78, 5) is 4.06. The number of aromatic nitrogens is 1. The molecule has 0 atom stereocenters. The van der Waals surface area contributed by atoms with Gasteiger partial charge in [0.2, 0.25) is 11.8 Å². The van der Waals surface area contributed by atoms with Gasteiger partial charge in [0.1, 0.15) is 11.6 Å². The van der Waals surface area contributed by atoms with Crippen LogP contribution in [0, 0.1) is 5.82 Å². The fraction of sp³-hybridized carbons (Fsp3) is 0.0833. The van der Waals surface area contributed by atoms with Crippen LogP contribution in [0.1, 0.15) is 0 Å². The molecule has 0 unspecified atom stereocenters. The minimum absolute atomic E-state index is 0.349. The van der Waals surface area contributed by atoms with Crippen molar-refractivity contribution in [1.29, 1.82) is 0 Å². The highest BCUT2D eigenvalue weighted by Crippen LogP contribution is 2.25. The standard InChI is InChI=1S/C12H9BrFNO2/c1-16-11-3-2-4-12(15-11)17-10-6-8(13)5-9(14)7-10/h2-7H,1H3. The minimum atomic E-state index is -0.378. The second-order valence-corrected chi connectivity index (χ2v) is 4.14. The maximum Gasteiger partial charge on any atom is 0.222 e. The molecule has 0 saturated carbocycles. The van der Waals surface area contributed by atoms with E-state index in [1.807, 2.05) is 0 Å². The third-order valence-corrected chi connectivity index (χ3v) is 2.42. The molecule has 0 spiro atoms. The van der Waals surface area contributed by atoms with Gasteiger partial charge in [0.25, 0.3) is 0 Å². The molecule has 3 nitrogen and oxygen atoms in total. The Hall–Kier alpha value is -1.62. The summed E-state index contributed by atoms with van der Waals surface area (Å²) in [5.41, 5.74) is 0. The van der Waals surface area contributed by atoms with Crippen molar-refractivity contribution in [3.63, 3.8) is 0 Å². The number of pyridine rings is 1. The van der Waals surface area contributed by atoms with Crippen molar-refractivity contribution >= 4 is 15.9 Å². The molecule has 2 rings (SSSR count). The van der Waals surface area contributed by atoms with E-state index in [1.165, 1.54) is 19.2 Å². The lowest BCUT2D eigenvalue weighted by molar-refractivity contribution is 0.383. The quantitative estimate of drug-likeness (QED) is 0.864. The normalized spacial score (nSPS) is 10.1. The molecule has 2 aromatic rings. The van der Waals surface area contributed by atoms with Gasteiger partial charge in [-0.2, -0.15) is 4.98 Å². The molecule has 0 saturated heterocycles. The molecule has 0 aliphatic heterocycles. The van der Waals surface area contributed by atoms with Crippen LogP contribution in [0.25, 0.3) is 0 Å². The summed E-state index contributed by atoms with van der Waals surface area (Å²) < 4.78 is 24.1. The van der Waals surface area contributed by atoms with Crippen molar-refractivity contribution < 1.29 is 13.9 Å². The fourth-order valence-electron chi connectivity index (χ4n) is 1.27. The SMILES string of the molecule is COc1cccc(Oc2cc(F)cc(Br)c2)n1. The molecule has 1 heterocycles. The van der Waals surface area contributed by atoms with Crippen molar-refractivity contribution in [1.82, 2.24) is 4.98 Å². The fourth-order valence-corrected chi connectivity index (χ4v) is 1.72. The van der Waals surface area contributed by atoms with Crippen LogP contribution in [0.5, 0.6) is 17.5 Å². The number of hydrogen-bond donors (Lipinski definition) is 0. The van der Waals surface area contributed by atoms with Crippen LogP contribution in [0.2, 0.25) is 0 Å². The number of ether oxygens (including phenoxy) is 2. The lowest BCUT2D eigenvalue weighted by atomic mass is 10.3. The molecule has 0 aliphatic rings. The number of rotatable bonds is 3. The topological polar surface area (TPSA) is 31.4 Å². The van der Waals surface area contributed by atoms with E-state index < -0.39 is 0 Å². The largest absolute Gasteiger partial charge is 0.481 e. The van der Waals surface area contributed by atoms with E-state index in [2.05, 4.69) is 20.9 Å². The highest BCUT2D eigenvalue weighted by Gasteiger charge is 2.03. The van der Waals surface area contributed by atoms with E-state index in [1.54, 1.807) is 24.3 Å². The van der Waals surface area contributed by atoms with Crippen LogP contribution in [0.4, 0.5) is 4.39 Å². The predicted molar refractivity (Wildman–Crippen MR) is 65.0 cm³/mol. The summed E-state index contributed by atoms with van der Waals surface area (Å²) in [7, 11) is 1.52. The Morgan fingerprint density at radius 2 is 1.94 bits per heavy atom. The van der Waals surface area contributed by atoms with Crippen LogP contribution in [0.3, 0.4) is 0 Å². The molecule has 1 aromatic carbocycles. The zero-order chi connectivity index (χ0) is 12.3. The van der Waals surface area contributed by atoms with Crippen LogP contribution < -0.4 is 9.47 Å². The van der Waals surface area contributed by atoms with Gasteiger partial charge in [-0.3, -0.25) is 0 Å². The average Bonchev–Trinajstić information content (AvgIpc) is 2.28. The van der Waals surface area contributed by atoms with Gasteiger partial charge >= 0.3 is 0 Å². The first-order chi connectivity index (χ1) is 8.17. The Bertz CT molecular complexity index is 513. The number of benzene rings is 1. The Balaban J connectivity index is 2.24. The third kappa shape index (κ3) is 3.17. The first-order valence-corrected chi connectivity index (χ1v) is 5.61. The number of halogens is 2. The van der Waals surface area contributed by atoms with Crippen LogP contribution in [0.15, 0.2) is 40.9 Å². The van der Waals surface area contributed by atoms with Gasteiger partial charge in [-0.05, 0) is 12.1 Å². The van der Waals surface area contributed by atoms with E-state index in [-0.39, 0.29) is 5.82 Å². The third-order valence-electron chi connectivity index (χ3n) is 1.97. The lowest BCUT2D eigenvalue weighted by Crippen LogP contribution is -1.91. The summed E-state index contributed by atoms with van der Waals surface area (Å²) >= 11 is 3.19. The Labute approximate surface area is 106 Å². The van der Waals surface area contributed by atoms with Crippen molar-refractivity contribution in [3.8, 4) is 17.5 Å². The smallest absolute Gasteiger partial charge is 0.222 e. The van der Waals surface area contributed by atoms with Crippen molar-refractivity contribution in [2.24, 2.45) is 0 Å². The van der Waals surface area contributed by atoms with Gasteiger partial charge in [0.05, 0.1) is 7.11 Å². The molecule has 0 radical (unpaired) electrons. The van der Waals surface area contributed by atoms with E-state index in [0.29, 0.717) is 22.0 Å². The molecule has 0 bridgehead atoms. The van der Waals surface area contributed by atoms with Gasteiger partial charge in [-0.15, -0.1) is 0 Å². The Morgan fingerprint density at radius 1 is 1.18 bits per heavy atom. The Kier molecular flexibility index (Phi) is 3.58. The van der Waals surface area contributed by atoms with Crippen molar-refractivity contribution in [2.75, 3.05) is 7.11 Å². The summed E-state index contributed by atoms with van der Waals surface area (Å²) in [5, 5.41) is 0. The molecule has 0 fully saturated rings. The van der Waals surface area contributed by atoms with Crippen LogP contribution >= 0.6 is 15.9 Å². The summed E-state index contributed by atoms with van der Waals surface area (Å²) in [6.07, 6.45) is 0. The van der Waals surface area contributed by atoms with Crippen LogP contribution in [-0.4, -0.2) is 12.1 Å². The lowest BCUT2D eigenvalue weighted by Gasteiger charge is -2.06. The average molecular weight is 298 g/mol. The molecule has 0 N–H and O–H groups in total. The van der Waals surface area contributed by atoms with Gasteiger partial charge in [-0.25, -0.2) is 4.39 Å². The summed E-state index contributed by atoms with van der Waals surface area (Å²) in [5.74, 6) is 0.787. The molecule has 0 amide bonds. The molecule has 88 valence electrons. The van der Waals surface area contributed by atoms with Crippen molar-refractivity contribution in [2.45, 2.75) is 0 Å². The summed E-state index contributed by atoms with van der Waals surface area (Å²) in [6.45, 7) is 0. The molecule has 17 heavy (non-hydrogen) atoms.